The van der Waals surface area contributed by atoms with Crippen molar-refractivity contribution in [2.24, 2.45) is 5.92 Å². The number of nitrogens with one attached hydrogen (secondary N) is 1. The fourth-order valence-corrected chi connectivity index (χ4v) is 6.56. The molecule has 1 atom stereocenters. The number of sulfonamides is 1. The first kappa shape index (κ1) is 34.5. The Balaban J connectivity index is 1.81. The molecule has 1 unspecified atom stereocenters. The Labute approximate surface area is 277 Å². The third-order valence-electron chi connectivity index (χ3n) is 7.43. The zero-order chi connectivity index (χ0) is 33.3. The third kappa shape index (κ3) is 9.11. The van der Waals surface area contributed by atoms with Gasteiger partial charge in [-0.15, -0.1) is 0 Å². The van der Waals surface area contributed by atoms with Gasteiger partial charge in [0, 0.05) is 30.6 Å². The van der Waals surface area contributed by atoms with Crippen molar-refractivity contribution in [1.82, 2.24) is 10.2 Å². The molecule has 4 aromatic carbocycles. The summed E-state index contributed by atoms with van der Waals surface area (Å²) in [5, 5.41) is 3.47. The number of hydrogen-bond donors (Lipinski definition) is 1. The summed E-state index contributed by atoms with van der Waals surface area (Å²) in [5.74, 6) is -0.275. The van der Waals surface area contributed by atoms with Crippen molar-refractivity contribution in [2.45, 2.75) is 44.7 Å². The second kappa shape index (κ2) is 15.8. The molecule has 10 heteroatoms. The van der Waals surface area contributed by atoms with Crippen LogP contribution in [0, 0.1) is 12.8 Å². The highest BCUT2D eigenvalue weighted by Crippen LogP contribution is 2.28. The molecule has 1 N–H and O–H groups in total. The molecule has 242 valence electrons. The van der Waals surface area contributed by atoms with Crippen molar-refractivity contribution in [3.8, 4) is 5.75 Å². The normalized spacial score (nSPS) is 12.0. The molecule has 0 saturated heterocycles. The van der Waals surface area contributed by atoms with Crippen LogP contribution in [0.1, 0.15) is 30.5 Å². The molecule has 0 bridgehead atoms. The maximum absolute atomic E-state index is 14.6. The SMILES string of the molecule is COc1cccc(N(CC(=O)N(Cc2cccc(Cl)c2)C(Cc2ccccc2)C(=O)NCC(C)C)S(=O)(=O)c2ccc(C)cc2)c1. The molecule has 0 saturated carbocycles. The number of ether oxygens (including phenoxy) is 1. The first-order valence-corrected chi connectivity index (χ1v) is 16.9. The van der Waals surface area contributed by atoms with Crippen LogP contribution >= 0.6 is 11.6 Å². The van der Waals surface area contributed by atoms with E-state index in [4.69, 9.17) is 16.3 Å². The zero-order valence-electron chi connectivity index (χ0n) is 26.5. The molecule has 0 spiro atoms. The van der Waals surface area contributed by atoms with E-state index in [0.717, 1.165) is 15.4 Å². The minimum atomic E-state index is -4.22. The molecule has 8 nitrogen and oxygen atoms in total. The molecule has 4 rings (SSSR count). The van der Waals surface area contributed by atoms with Crippen molar-refractivity contribution in [2.75, 3.05) is 24.5 Å². The van der Waals surface area contributed by atoms with Crippen LogP contribution in [-0.4, -0.2) is 51.4 Å². The largest absolute Gasteiger partial charge is 0.497 e. The zero-order valence-corrected chi connectivity index (χ0v) is 28.1. The topological polar surface area (TPSA) is 96.0 Å². The molecule has 0 radical (unpaired) electrons. The van der Waals surface area contributed by atoms with E-state index >= 15 is 0 Å². The Kier molecular flexibility index (Phi) is 11.8. The fourth-order valence-electron chi connectivity index (χ4n) is 4.94. The summed E-state index contributed by atoms with van der Waals surface area (Å²) in [4.78, 5) is 29.9. The van der Waals surface area contributed by atoms with Gasteiger partial charge in [0.2, 0.25) is 11.8 Å². The number of methoxy groups -OCH3 is 1. The monoisotopic (exact) mass is 661 g/mol. The smallest absolute Gasteiger partial charge is 0.264 e. The molecule has 0 fully saturated rings. The Morgan fingerprint density at radius 2 is 1.54 bits per heavy atom. The quantitative estimate of drug-likeness (QED) is 0.172. The van der Waals surface area contributed by atoms with Gasteiger partial charge in [-0.1, -0.05) is 91.7 Å². The molecule has 4 aromatic rings. The highest BCUT2D eigenvalue weighted by molar-refractivity contribution is 7.92. The van der Waals surface area contributed by atoms with Crippen LogP contribution in [0.4, 0.5) is 5.69 Å². The van der Waals surface area contributed by atoms with Crippen molar-refractivity contribution < 1.29 is 22.7 Å². The average molecular weight is 662 g/mol. The van der Waals surface area contributed by atoms with Crippen molar-refractivity contribution in [3.05, 3.63) is 125 Å². The molecule has 0 aliphatic carbocycles. The number of aryl methyl sites for hydroxylation is 1. The molecule has 0 aliphatic heterocycles. The third-order valence-corrected chi connectivity index (χ3v) is 9.45. The Hall–Kier alpha value is -4.34. The minimum Gasteiger partial charge on any atom is -0.497 e. The number of carbonyl (C=O) groups excluding carboxylic acids is 2. The van der Waals surface area contributed by atoms with Crippen LogP contribution in [0.25, 0.3) is 0 Å². The van der Waals surface area contributed by atoms with Gasteiger partial charge in [-0.05, 0) is 60.4 Å². The van der Waals surface area contributed by atoms with Crippen molar-refractivity contribution in [1.29, 1.82) is 0 Å². The van der Waals surface area contributed by atoms with E-state index in [1.165, 1.54) is 24.1 Å². The lowest BCUT2D eigenvalue weighted by atomic mass is 10.0. The van der Waals surface area contributed by atoms with E-state index in [9.17, 15) is 18.0 Å². The molecule has 0 aliphatic rings. The summed E-state index contributed by atoms with van der Waals surface area (Å²) < 4.78 is 34.8. The Morgan fingerprint density at radius 1 is 0.870 bits per heavy atom. The Morgan fingerprint density at radius 3 is 2.20 bits per heavy atom. The molecule has 46 heavy (non-hydrogen) atoms. The molecule has 0 heterocycles. The lowest BCUT2D eigenvalue weighted by molar-refractivity contribution is -0.140. The summed E-state index contributed by atoms with van der Waals surface area (Å²) in [5.41, 5.74) is 2.70. The Bertz CT molecular complexity index is 1730. The van der Waals surface area contributed by atoms with Gasteiger partial charge in [-0.25, -0.2) is 8.42 Å². The molecular formula is C36H40ClN3O5S. The van der Waals surface area contributed by atoms with Gasteiger partial charge >= 0.3 is 0 Å². The predicted octanol–water partition coefficient (Wildman–Crippen LogP) is 6.26. The van der Waals surface area contributed by atoms with E-state index in [0.29, 0.717) is 22.9 Å². The van der Waals surface area contributed by atoms with Crippen LogP contribution in [0.5, 0.6) is 5.75 Å². The van der Waals surface area contributed by atoms with Crippen LogP contribution in [0.2, 0.25) is 5.02 Å². The number of amides is 2. The highest BCUT2D eigenvalue weighted by Gasteiger charge is 2.34. The van der Waals surface area contributed by atoms with Crippen LogP contribution < -0.4 is 14.4 Å². The molecule has 2 amide bonds. The van der Waals surface area contributed by atoms with Gasteiger partial charge < -0.3 is 15.0 Å². The van der Waals surface area contributed by atoms with Gasteiger partial charge in [0.1, 0.15) is 18.3 Å². The summed E-state index contributed by atoms with van der Waals surface area (Å²) in [6.07, 6.45) is 0.223. The van der Waals surface area contributed by atoms with E-state index in [2.05, 4.69) is 5.32 Å². The number of hydrogen-bond acceptors (Lipinski definition) is 5. The summed E-state index contributed by atoms with van der Waals surface area (Å²) in [6, 6.07) is 28.5. The van der Waals surface area contributed by atoms with Gasteiger partial charge in [0.05, 0.1) is 17.7 Å². The average Bonchev–Trinajstić information content (AvgIpc) is 3.04. The van der Waals surface area contributed by atoms with Gasteiger partial charge in [0.15, 0.2) is 0 Å². The van der Waals surface area contributed by atoms with Crippen molar-refractivity contribution in [3.63, 3.8) is 0 Å². The van der Waals surface area contributed by atoms with Crippen molar-refractivity contribution >= 4 is 39.1 Å². The van der Waals surface area contributed by atoms with E-state index in [-0.39, 0.29) is 35.4 Å². The summed E-state index contributed by atoms with van der Waals surface area (Å²) in [6.45, 7) is 5.73. The predicted molar refractivity (Wildman–Crippen MR) is 182 cm³/mol. The van der Waals surface area contributed by atoms with Crippen LogP contribution in [0.15, 0.2) is 108 Å². The summed E-state index contributed by atoms with van der Waals surface area (Å²) >= 11 is 6.31. The second-order valence-corrected chi connectivity index (χ2v) is 13.8. The second-order valence-electron chi connectivity index (χ2n) is 11.5. The first-order valence-electron chi connectivity index (χ1n) is 15.1. The van der Waals surface area contributed by atoms with E-state index in [1.807, 2.05) is 57.2 Å². The van der Waals surface area contributed by atoms with Gasteiger partial charge in [-0.2, -0.15) is 0 Å². The van der Waals surface area contributed by atoms with Gasteiger partial charge in [0.25, 0.3) is 10.0 Å². The van der Waals surface area contributed by atoms with Crippen LogP contribution in [-0.2, 0) is 32.6 Å². The molecule has 0 aromatic heterocycles. The maximum atomic E-state index is 14.6. The molecular weight excluding hydrogens is 622 g/mol. The lowest BCUT2D eigenvalue weighted by Crippen LogP contribution is -2.53. The fraction of sp³-hybridized carbons (Fsp3) is 0.278. The minimum absolute atomic E-state index is 0.0303. The van der Waals surface area contributed by atoms with E-state index < -0.39 is 28.5 Å². The number of benzene rings is 4. The first-order chi connectivity index (χ1) is 22.0. The summed E-state index contributed by atoms with van der Waals surface area (Å²) in [7, 11) is -2.74. The standard InChI is InChI=1S/C36H40ClN3O5S/c1-26(2)23-38-36(42)34(21-28-10-6-5-7-11-28)39(24-29-12-8-13-30(37)20-29)35(41)25-40(31-14-9-15-32(22-31)45-4)46(43,44)33-18-16-27(3)17-19-33/h5-20,22,26,34H,21,23-25H2,1-4H3,(H,38,42). The number of halogens is 1. The number of carbonyl (C=O) groups is 2. The van der Waals surface area contributed by atoms with E-state index in [1.54, 1.807) is 54.6 Å². The van der Waals surface area contributed by atoms with Gasteiger partial charge in [-0.3, -0.25) is 13.9 Å². The number of rotatable bonds is 14. The number of nitrogens with zero attached hydrogens (tertiary/aromatic N) is 2. The van der Waals surface area contributed by atoms with Crippen LogP contribution in [0.3, 0.4) is 0 Å². The lowest BCUT2D eigenvalue weighted by Gasteiger charge is -2.34. The highest BCUT2D eigenvalue weighted by atomic mass is 35.5. The maximum Gasteiger partial charge on any atom is 0.264 e. The number of anilines is 1.